The Hall–Kier alpha value is -4.77. The molecule has 0 aliphatic heterocycles. The second-order valence-corrected chi connectivity index (χ2v) is 8.93. The zero-order valence-corrected chi connectivity index (χ0v) is 20.5. The van der Waals surface area contributed by atoms with E-state index in [1.807, 2.05) is 18.2 Å². The topological polar surface area (TPSA) is 141 Å². The van der Waals surface area contributed by atoms with Gasteiger partial charge in [0, 0.05) is 47.7 Å². The van der Waals surface area contributed by atoms with E-state index in [-0.39, 0.29) is 16.6 Å². The summed E-state index contributed by atoms with van der Waals surface area (Å²) in [6, 6.07) is 7.42. The molecule has 1 atom stereocenters. The maximum atomic E-state index is 16.0. The van der Waals surface area contributed by atoms with Crippen molar-refractivity contribution in [2.24, 2.45) is 0 Å². The van der Waals surface area contributed by atoms with Gasteiger partial charge >= 0.3 is 0 Å². The van der Waals surface area contributed by atoms with E-state index in [4.69, 9.17) is 0 Å². The summed E-state index contributed by atoms with van der Waals surface area (Å²) >= 11 is 0. The van der Waals surface area contributed by atoms with Gasteiger partial charge in [0.15, 0.2) is 17.1 Å². The van der Waals surface area contributed by atoms with Gasteiger partial charge < -0.3 is 15.4 Å². The van der Waals surface area contributed by atoms with Crippen LogP contribution in [0.3, 0.4) is 0 Å². The van der Waals surface area contributed by atoms with Crippen molar-refractivity contribution in [2.75, 3.05) is 5.32 Å². The fraction of sp³-hybridized carbons (Fsp3) is 0.185. The minimum Gasteiger partial charge on any atom is -0.374 e. The molecule has 0 bridgehead atoms. The lowest BCUT2D eigenvalue weighted by Crippen LogP contribution is -2.18. The normalized spacial score (nSPS) is 12.3. The van der Waals surface area contributed by atoms with Crippen molar-refractivity contribution in [1.82, 2.24) is 40.1 Å². The molecule has 6 aromatic heterocycles. The highest BCUT2D eigenvalue weighted by atomic mass is 19.1. The highest BCUT2D eigenvalue weighted by Crippen LogP contribution is 2.34. The van der Waals surface area contributed by atoms with Gasteiger partial charge in [0.2, 0.25) is 0 Å². The molecule has 6 aromatic rings. The number of nitrogens with zero attached hydrogens (tertiary/aromatic N) is 6. The van der Waals surface area contributed by atoms with Crippen molar-refractivity contribution < 1.29 is 9.50 Å². The third kappa shape index (κ3) is 4.33. The van der Waals surface area contributed by atoms with E-state index in [1.165, 1.54) is 6.20 Å². The monoisotopic (exact) mass is 509 g/mol. The van der Waals surface area contributed by atoms with Gasteiger partial charge in [-0.1, -0.05) is 13.3 Å². The van der Waals surface area contributed by atoms with Gasteiger partial charge in [-0.2, -0.15) is 5.10 Å². The summed E-state index contributed by atoms with van der Waals surface area (Å²) in [4.78, 5) is 24.9. The number of unbranched alkanes of at least 4 members (excludes halogenated alkanes) is 1. The molecule has 6 rings (SSSR count). The van der Waals surface area contributed by atoms with Gasteiger partial charge in [0.1, 0.15) is 17.7 Å². The highest BCUT2D eigenvalue weighted by molar-refractivity contribution is 5.96. The number of nitrogens with one attached hydrogen (secondary N) is 3. The molecule has 1 unspecified atom stereocenters. The number of hydrogen-bond acceptors (Lipinski definition) is 8. The number of aromatic amines is 2. The number of H-pyrrole nitrogens is 2. The van der Waals surface area contributed by atoms with Crippen LogP contribution in [0.15, 0.2) is 61.4 Å². The first-order chi connectivity index (χ1) is 18.6. The van der Waals surface area contributed by atoms with Crippen molar-refractivity contribution in [3.8, 4) is 33.8 Å². The Labute approximate surface area is 216 Å². The molecule has 38 heavy (non-hydrogen) atoms. The molecule has 0 saturated carbocycles. The van der Waals surface area contributed by atoms with Crippen LogP contribution in [0, 0.1) is 5.82 Å². The Morgan fingerprint density at radius 3 is 2.68 bits per heavy atom. The van der Waals surface area contributed by atoms with E-state index in [0.717, 1.165) is 24.0 Å². The van der Waals surface area contributed by atoms with Gasteiger partial charge in [-0.3, -0.25) is 15.1 Å². The number of hydrogen-bond donors (Lipinski definition) is 4. The zero-order chi connectivity index (χ0) is 26.1. The van der Waals surface area contributed by atoms with Crippen LogP contribution in [0.5, 0.6) is 0 Å². The second-order valence-electron chi connectivity index (χ2n) is 8.93. The van der Waals surface area contributed by atoms with Crippen LogP contribution in [-0.2, 0) is 0 Å². The van der Waals surface area contributed by atoms with Crippen LogP contribution < -0.4 is 5.32 Å². The van der Waals surface area contributed by atoms with Gasteiger partial charge in [-0.05, 0) is 42.7 Å². The van der Waals surface area contributed by atoms with Crippen LogP contribution in [0.4, 0.5) is 10.1 Å². The van der Waals surface area contributed by atoms with E-state index in [0.29, 0.717) is 40.4 Å². The molecule has 0 fully saturated rings. The Morgan fingerprint density at radius 2 is 1.84 bits per heavy atom. The average Bonchev–Trinajstić information content (AvgIpc) is 3.57. The molecular formula is C27H24FN9O. The largest absolute Gasteiger partial charge is 0.374 e. The second kappa shape index (κ2) is 9.94. The first-order valence-corrected chi connectivity index (χ1v) is 12.3. The molecule has 0 spiro atoms. The summed E-state index contributed by atoms with van der Waals surface area (Å²) in [5.41, 5.74) is 5.00. The summed E-state index contributed by atoms with van der Waals surface area (Å²) in [6.45, 7) is 2.06. The number of pyridine rings is 4. The third-order valence-electron chi connectivity index (χ3n) is 6.35. The lowest BCUT2D eigenvalue weighted by Gasteiger charge is -2.14. The summed E-state index contributed by atoms with van der Waals surface area (Å²) in [5.74, 6) is -0.117. The standard InChI is InChI=1S/C27H24FN9O/c1-2-3-4-20(38)33-17-11-16(12-30-13-17)19-14-32-25-21(22(19)28)24(36-37-25)27-34-23-18(7-10-31-26(23)35-27)15-5-8-29-9-6-15/h5-14,20,33,38H,2-4H2,1H3,(H,31,34,35)(H,32,36,37). The number of imidazole rings is 1. The summed E-state index contributed by atoms with van der Waals surface area (Å²) < 4.78 is 16.0. The molecule has 11 heteroatoms. The van der Waals surface area contributed by atoms with E-state index < -0.39 is 12.0 Å². The van der Waals surface area contributed by atoms with Crippen LogP contribution in [0.2, 0.25) is 0 Å². The molecule has 0 aliphatic carbocycles. The van der Waals surface area contributed by atoms with Crippen molar-refractivity contribution >= 4 is 27.9 Å². The fourth-order valence-corrected chi connectivity index (χ4v) is 4.45. The molecular weight excluding hydrogens is 485 g/mol. The van der Waals surface area contributed by atoms with Gasteiger partial charge in [-0.25, -0.2) is 19.3 Å². The SMILES string of the molecule is CCCCC(O)Nc1cncc(-c2cnc3n[nH]c(-c4nc5nccc(-c6ccncc6)c5[nH]4)c3c2F)c1. The number of aliphatic hydroxyl groups excluding tert-OH is 1. The molecule has 190 valence electrons. The maximum Gasteiger partial charge on any atom is 0.184 e. The lowest BCUT2D eigenvalue weighted by atomic mass is 10.1. The van der Waals surface area contributed by atoms with E-state index in [2.05, 4.69) is 52.3 Å². The number of anilines is 1. The van der Waals surface area contributed by atoms with Gasteiger partial charge in [0.05, 0.1) is 22.8 Å². The number of rotatable bonds is 8. The average molecular weight is 510 g/mol. The van der Waals surface area contributed by atoms with Gasteiger partial charge in [0.25, 0.3) is 0 Å². The van der Waals surface area contributed by atoms with Crippen molar-refractivity contribution in [1.29, 1.82) is 0 Å². The highest BCUT2D eigenvalue weighted by Gasteiger charge is 2.21. The molecule has 0 radical (unpaired) electrons. The Balaban J connectivity index is 1.41. The Morgan fingerprint density at radius 1 is 0.974 bits per heavy atom. The number of halogens is 1. The summed E-state index contributed by atoms with van der Waals surface area (Å²) in [7, 11) is 0. The first kappa shape index (κ1) is 23.6. The minimum absolute atomic E-state index is 0.202. The number of fused-ring (bicyclic) bond motifs is 2. The maximum absolute atomic E-state index is 16.0. The van der Waals surface area contributed by atoms with E-state index in [1.54, 1.807) is 37.1 Å². The van der Waals surface area contributed by atoms with E-state index in [9.17, 15) is 5.11 Å². The first-order valence-electron chi connectivity index (χ1n) is 12.3. The molecule has 0 amide bonds. The van der Waals surface area contributed by atoms with Gasteiger partial charge in [-0.15, -0.1) is 0 Å². The van der Waals surface area contributed by atoms with Crippen LogP contribution >= 0.6 is 0 Å². The quantitative estimate of drug-likeness (QED) is 0.208. The molecule has 10 nitrogen and oxygen atoms in total. The van der Waals surface area contributed by atoms with E-state index >= 15 is 4.39 Å². The predicted octanol–water partition coefficient (Wildman–Crippen LogP) is 5.08. The summed E-state index contributed by atoms with van der Waals surface area (Å²) in [5, 5.41) is 20.5. The number of aliphatic hydroxyl groups is 1. The predicted molar refractivity (Wildman–Crippen MR) is 142 cm³/mol. The number of aromatic nitrogens is 8. The van der Waals surface area contributed by atoms with Crippen molar-refractivity contribution in [3.05, 3.63) is 67.3 Å². The zero-order valence-electron chi connectivity index (χ0n) is 20.5. The molecule has 4 N–H and O–H groups in total. The van der Waals surface area contributed by atoms with Crippen LogP contribution in [0.25, 0.3) is 56.0 Å². The molecule has 0 aromatic carbocycles. The Bertz CT molecular complexity index is 1730. The lowest BCUT2D eigenvalue weighted by molar-refractivity contribution is 0.190. The fourth-order valence-electron chi connectivity index (χ4n) is 4.45. The molecule has 6 heterocycles. The minimum atomic E-state index is -0.711. The van der Waals surface area contributed by atoms with Crippen molar-refractivity contribution in [3.63, 3.8) is 0 Å². The Kier molecular flexibility index (Phi) is 6.18. The van der Waals surface area contributed by atoms with Crippen molar-refractivity contribution in [2.45, 2.75) is 32.4 Å². The molecule has 0 saturated heterocycles. The smallest absolute Gasteiger partial charge is 0.184 e. The summed E-state index contributed by atoms with van der Waals surface area (Å²) in [6.07, 6.45) is 11.5. The van der Waals surface area contributed by atoms with Crippen LogP contribution in [0.1, 0.15) is 26.2 Å². The van der Waals surface area contributed by atoms with Crippen LogP contribution in [-0.4, -0.2) is 51.4 Å². The molecule has 0 aliphatic rings. The third-order valence-corrected chi connectivity index (χ3v) is 6.35.